The molecule has 2 fully saturated rings. The maximum Gasteiger partial charge on any atom is 0.236 e. The molecule has 0 N–H and O–H groups in total. The van der Waals surface area contributed by atoms with Gasteiger partial charge in [0.2, 0.25) is 5.91 Å². The van der Waals surface area contributed by atoms with Crippen molar-refractivity contribution in [2.45, 2.75) is 25.2 Å². The Morgan fingerprint density at radius 2 is 1.65 bits per heavy atom. The van der Waals surface area contributed by atoms with Crippen molar-refractivity contribution in [3.05, 3.63) is 71.3 Å². The Morgan fingerprint density at radius 3 is 2.29 bits per heavy atom. The van der Waals surface area contributed by atoms with Gasteiger partial charge in [0.1, 0.15) is 0 Å². The smallest absolute Gasteiger partial charge is 0.236 e. The predicted molar refractivity (Wildman–Crippen MR) is 119 cm³/mol. The summed E-state index contributed by atoms with van der Waals surface area (Å²) in [6.45, 7) is 5.47. The van der Waals surface area contributed by atoms with Gasteiger partial charge in [-0.2, -0.15) is 5.26 Å². The van der Waals surface area contributed by atoms with Crippen LogP contribution in [-0.4, -0.2) is 79.1 Å². The summed E-state index contributed by atoms with van der Waals surface area (Å²) in [6, 6.07) is 20.1. The van der Waals surface area contributed by atoms with Crippen molar-refractivity contribution in [3.8, 4) is 6.07 Å². The molecule has 0 spiro atoms. The molecule has 2 atom stereocenters. The largest absolute Gasteiger partial charge is 0.370 e. The van der Waals surface area contributed by atoms with Gasteiger partial charge in [-0.05, 0) is 29.7 Å². The number of rotatable bonds is 7. The molecule has 2 bridgehead atoms. The molecule has 162 valence electrons. The first-order valence-corrected chi connectivity index (χ1v) is 11.0. The number of morpholine rings is 2. The van der Waals surface area contributed by atoms with Crippen LogP contribution >= 0.6 is 0 Å². The zero-order chi connectivity index (χ0) is 21.6. The summed E-state index contributed by atoms with van der Waals surface area (Å²) in [5, 5.41) is 8.91. The van der Waals surface area contributed by atoms with Crippen LogP contribution in [0.15, 0.2) is 54.6 Å². The Kier molecular flexibility index (Phi) is 6.98. The highest BCUT2D eigenvalue weighted by Gasteiger charge is 2.35. The van der Waals surface area contributed by atoms with Gasteiger partial charge >= 0.3 is 0 Å². The monoisotopic (exact) mass is 418 g/mol. The van der Waals surface area contributed by atoms with Crippen molar-refractivity contribution in [1.82, 2.24) is 14.7 Å². The number of amides is 1. The summed E-state index contributed by atoms with van der Waals surface area (Å²) in [5.74, 6) is 0.116. The molecule has 31 heavy (non-hydrogen) atoms. The number of ether oxygens (including phenoxy) is 1. The van der Waals surface area contributed by atoms with Gasteiger partial charge in [0.25, 0.3) is 0 Å². The molecule has 0 aliphatic carbocycles. The summed E-state index contributed by atoms with van der Waals surface area (Å²) in [7, 11) is 1.84. The highest BCUT2D eigenvalue weighted by atomic mass is 16.5. The Morgan fingerprint density at radius 1 is 1.00 bits per heavy atom. The first-order valence-electron chi connectivity index (χ1n) is 11.0. The lowest BCUT2D eigenvalue weighted by molar-refractivity contribution is -0.149. The molecule has 2 unspecified atom stereocenters. The molecule has 6 nitrogen and oxygen atoms in total. The third-order valence-corrected chi connectivity index (χ3v) is 6.08. The maximum absolute atomic E-state index is 12.8. The van der Waals surface area contributed by atoms with Crippen LogP contribution in [0, 0.1) is 11.3 Å². The second-order valence-corrected chi connectivity index (χ2v) is 8.63. The van der Waals surface area contributed by atoms with Crippen molar-refractivity contribution in [2.24, 2.45) is 0 Å². The van der Waals surface area contributed by atoms with E-state index >= 15 is 0 Å². The van der Waals surface area contributed by atoms with Gasteiger partial charge in [-0.1, -0.05) is 42.5 Å². The van der Waals surface area contributed by atoms with Gasteiger partial charge in [0.05, 0.1) is 30.4 Å². The Hall–Kier alpha value is -2.72. The first kappa shape index (κ1) is 21.5. The predicted octanol–water partition coefficient (Wildman–Crippen LogP) is 2.14. The number of benzene rings is 2. The molecule has 6 heteroatoms. The van der Waals surface area contributed by atoms with Crippen molar-refractivity contribution < 1.29 is 9.53 Å². The van der Waals surface area contributed by atoms with Crippen LogP contribution in [0.2, 0.25) is 0 Å². The fraction of sp³-hybridized carbons (Fsp3) is 0.440. The molecule has 0 radical (unpaired) electrons. The lowest BCUT2D eigenvalue weighted by Gasteiger charge is -2.45. The standard InChI is InChI=1S/C25H30N4O2/c1-27(14-22-9-7-21(13-26)8-10-22)25(30)19-29-17-23-15-28(16-24(18-29)31-23)12-11-20-5-3-2-4-6-20/h2-10,23-24H,11-12,14-19H2,1H3. The zero-order valence-electron chi connectivity index (χ0n) is 18.1. The molecule has 2 aromatic rings. The average Bonchev–Trinajstić information content (AvgIpc) is 2.78. The number of carbonyl (C=O) groups is 1. The second kappa shape index (κ2) is 10.1. The van der Waals surface area contributed by atoms with E-state index in [1.807, 2.05) is 19.2 Å². The van der Waals surface area contributed by atoms with Crippen LogP contribution in [0.4, 0.5) is 0 Å². The SMILES string of the molecule is CN(Cc1ccc(C#N)cc1)C(=O)CN1CC2CN(CCc3ccccc3)CC(C1)O2. The first-order chi connectivity index (χ1) is 15.1. The molecule has 2 aliphatic heterocycles. The summed E-state index contributed by atoms with van der Waals surface area (Å²) < 4.78 is 6.16. The van der Waals surface area contributed by atoms with Gasteiger partial charge in [0.15, 0.2) is 0 Å². The van der Waals surface area contributed by atoms with Crippen LogP contribution in [0.1, 0.15) is 16.7 Å². The summed E-state index contributed by atoms with van der Waals surface area (Å²) in [6.07, 6.45) is 1.39. The van der Waals surface area contributed by atoms with Crippen LogP contribution in [-0.2, 0) is 22.5 Å². The number of nitriles is 1. The molecule has 2 aromatic carbocycles. The highest BCUT2D eigenvalue weighted by molar-refractivity contribution is 5.78. The van der Waals surface area contributed by atoms with Gasteiger partial charge in [-0.15, -0.1) is 0 Å². The third-order valence-electron chi connectivity index (χ3n) is 6.08. The maximum atomic E-state index is 12.8. The van der Waals surface area contributed by atoms with Crippen LogP contribution < -0.4 is 0 Å². The third kappa shape index (κ3) is 5.92. The summed E-state index contributed by atoms with van der Waals surface area (Å²) >= 11 is 0. The molecule has 0 aromatic heterocycles. The van der Waals surface area contributed by atoms with E-state index in [4.69, 9.17) is 10.00 Å². The van der Waals surface area contributed by atoms with E-state index in [1.165, 1.54) is 5.56 Å². The Bertz CT molecular complexity index is 895. The lowest BCUT2D eigenvalue weighted by Crippen LogP contribution is -2.60. The number of hydrogen-bond donors (Lipinski definition) is 0. The number of likely N-dealkylation sites (N-methyl/N-ethyl adjacent to an activating group) is 1. The number of nitrogens with zero attached hydrogens (tertiary/aromatic N) is 4. The van der Waals surface area contributed by atoms with Crippen LogP contribution in [0.5, 0.6) is 0 Å². The summed E-state index contributed by atoms with van der Waals surface area (Å²) in [5.41, 5.74) is 3.04. The number of fused-ring (bicyclic) bond motifs is 2. The van der Waals surface area contributed by atoms with Crippen molar-refractivity contribution in [3.63, 3.8) is 0 Å². The quantitative estimate of drug-likeness (QED) is 0.690. The minimum Gasteiger partial charge on any atom is -0.370 e. The topological polar surface area (TPSA) is 59.8 Å². The molecule has 2 heterocycles. The fourth-order valence-corrected chi connectivity index (χ4v) is 4.46. The van der Waals surface area contributed by atoms with Gasteiger partial charge in [0, 0.05) is 46.3 Å². The zero-order valence-corrected chi connectivity index (χ0v) is 18.1. The minimum atomic E-state index is 0.116. The van der Waals surface area contributed by atoms with Crippen LogP contribution in [0.25, 0.3) is 0 Å². The lowest BCUT2D eigenvalue weighted by atomic mass is 10.1. The highest BCUT2D eigenvalue weighted by Crippen LogP contribution is 2.20. The van der Waals surface area contributed by atoms with E-state index in [2.05, 4.69) is 46.2 Å². The van der Waals surface area contributed by atoms with Gasteiger partial charge in [-0.25, -0.2) is 0 Å². The van der Waals surface area contributed by atoms with E-state index in [-0.39, 0.29) is 18.1 Å². The van der Waals surface area contributed by atoms with Crippen molar-refractivity contribution >= 4 is 5.91 Å². The molecule has 0 saturated carbocycles. The van der Waals surface area contributed by atoms with E-state index < -0.39 is 0 Å². The molecular formula is C25H30N4O2. The van der Waals surface area contributed by atoms with Gasteiger partial charge in [-0.3, -0.25) is 14.6 Å². The Labute approximate surface area is 184 Å². The van der Waals surface area contributed by atoms with E-state index in [1.54, 1.807) is 17.0 Å². The summed E-state index contributed by atoms with van der Waals surface area (Å²) in [4.78, 5) is 19.3. The fourth-order valence-electron chi connectivity index (χ4n) is 4.46. The second-order valence-electron chi connectivity index (χ2n) is 8.63. The van der Waals surface area contributed by atoms with Crippen molar-refractivity contribution in [2.75, 3.05) is 46.3 Å². The average molecular weight is 419 g/mol. The van der Waals surface area contributed by atoms with Crippen molar-refractivity contribution in [1.29, 1.82) is 5.26 Å². The van der Waals surface area contributed by atoms with E-state index in [0.29, 0.717) is 18.7 Å². The van der Waals surface area contributed by atoms with Crippen LogP contribution in [0.3, 0.4) is 0 Å². The number of hydrogen-bond acceptors (Lipinski definition) is 5. The Balaban J connectivity index is 1.24. The van der Waals surface area contributed by atoms with Gasteiger partial charge < -0.3 is 9.64 Å². The minimum absolute atomic E-state index is 0.116. The number of carbonyl (C=O) groups excluding carboxylic acids is 1. The molecule has 1 amide bonds. The molecule has 2 saturated heterocycles. The van der Waals surface area contributed by atoms with E-state index in [0.717, 1.165) is 44.7 Å². The molecule has 2 aliphatic rings. The molecular weight excluding hydrogens is 388 g/mol. The normalized spacial score (nSPS) is 21.4. The molecule has 4 rings (SSSR count). The van der Waals surface area contributed by atoms with E-state index in [9.17, 15) is 4.79 Å².